The highest BCUT2D eigenvalue weighted by Crippen LogP contribution is 2.23. The van der Waals surface area contributed by atoms with E-state index in [0.717, 1.165) is 41.0 Å². The monoisotopic (exact) mass is 429 g/mol. The largest absolute Gasteiger partial charge is 0.367 e. The van der Waals surface area contributed by atoms with Crippen LogP contribution < -0.4 is 10.2 Å². The Bertz CT molecular complexity index is 1050. The molecule has 29 heavy (non-hydrogen) atoms. The molecule has 0 bridgehead atoms. The highest BCUT2D eigenvalue weighted by Gasteiger charge is 2.20. The number of hydrogen-bond acceptors (Lipinski definition) is 6. The summed E-state index contributed by atoms with van der Waals surface area (Å²) < 4.78 is 16.6. The van der Waals surface area contributed by atoms with Crippen LogP contribution >= 0.6 is 23.6 Å². The Morgan fingerprint density at radius 1 is 1.07 bits per heavy atom. The van der Waals surface area contributed by atoms with Crippen LogP contribution in [-0.4, -0.2) is 40.9 Å². The number of aromatic nitrogens is 2. The smallest absolute Gasteiger partial charge is 0.209 e. The van der Waals surface area contributed by atoms with Gasteiger partial charge in [0.05, 0.1) is 12.4 Å². The molecule has 8 heteroatoms. The summed E-state index contributed by atoms with van der Waals surface area (Å²) in [6.07, 6.45) is 0. The van der Waals surface area contributed by atoms with Crippen LogP contribution in [0.3, 0.4) is 0 Å². The van der Waals surface area contributed by atoms with Crippen LogP contribution in [-0.2, 0) is 6.67 Å². The lowest BCUT2D eigenvalue weighted by Crippen LogP contribution is -2.47. The van der Waals surface area contributed by atoms with Gasteiger partial charge in [0.1, 0.15) is 5.82 Å². The fourth-order valence-corrected chi connectivity index (χ4v) is 4.43. The average Bonchev–Trinajstić information content (AvgIpc) is 3.05. The fraction of sp³-hybridized carbons (Fsp3) is 0.333. The molecule has 4 rings (SSSR count). The molecule has 3 aromatic rings. The van der Waals surface area contributed by atoms with Gasteiger partial charge in [-0.1, -0.05) is 29.5 Å². The lowest BCUT2D eigenvalue weighted by atomic mass is 10.1. The van der Waals surface area contributed by atoms with Gasteiger partial charge in [0.2, 0.25) is 5.13 Å². The first-order chi connectivity index (χ1) is 14.0. The third-order valence-electron chi connectivity index (χ3n) is 5.26. The molecule has 0 radical (unpaired) electrons. The van der Waals surface area contributed by atoms with E-state index in [9.17, 15) is 4.39 Å². The minimum atomic E-state index is -0.162. The molecule has 1 aliphatic heterocycles. The van der Waals surface area contributed by atoms with Crippen molar-refractivity contribution < 1.29 is 4.39 Å². The van der Waals surface area contributed by atoms with Crippen molar-refractivity contribution in [2.75, 3.05) is 36.4 Å². The summed E-state index contributed by atoms with van der Waals surface area (Å²) in [7, 11) is 0. The first kappa shape index (κ1) is 20.0. The zero-order valence-electron chi connectivity index (χ0n) is 16.6. The molecule has 5 nitrogen and oxygen atoms in total. The molecule has 0 amide bonds. The Morgan fingerprint density at radius 3 is 2.55 bits per heavy atom. The molecule has 0 aliphatic carbocycles. The SMILES string of the molecule is Cc1ccc(Nc2nn(CN3CCN(c4ccccc4F)CC3)c(=S)s2)cc1C. The van der Waals surface area contributed by atoms with E-state index in [1.54, 1.807) is 6.07 Å². The second kappa shape index (κ2) is 8.61. The summed E-state index contributed by atoms with van der Waals surface area (Å²) in [5, 5.41) is 8.80. The Labute approximate surface area is 179 Å². The number of aryl methyl sites for hydroxylation is 2. The van der Waals surface area contributed by atoms with Crippen LogP contribution in [0.25, 0.3) is 0 Å². The van der Waals surface area contributed by atoms with E-state index in [-0.39, 0.29) is 5.82 Å². The van der Waals surface area contributed by atoms with Gasteiger partial charge < -0.3 is 10.2 Å². The van der Waals surface area contributed by atoms with Gasteiger partial charge in [0.25, 0.3) is 0 Å². The second-order valence-electron chi connectivity index (χ2n) is 7.29. The molecule has 0 atom stereocenters. The van der Waals surface area contributed by atoms with Gasteiger partial charge in [-0.3, -0.25) is 4.90 Å². The maximum Gasteiger partial charge on any atom is 0.209 e. The molecule has 2 heterocycles. The zero-order valence-corrected chi connectivity index (χ0v) is 18.2. The van der Waals surface area contributed by atoms with Gasteiger partial charge in [-0.15, -0.1) is 5.10 Å². The third kappa shape index (κ3) is 4.66. The normalized spacial score (nSPS) is 14.9. The van der Waals surface area contributed by atoms with Gasteiger partial charge in [0.15, 0.2) is 3.95 Å². The second-order valence-corrected chi connectivity index (χ2v) is 8.92. The molecule has 0 saturated carbocycles. The standard InChI is InChI=1S/C21H24FN5S2/c1-15-7-8-17(13-16(15)2)23-20-24-27(21(28)29-20)14-25-9-11-26(12-10-25)19-6-4-3-5-18(19)22/h3-8,13H,9-12,14H2,1-2H3,(H,23,24). The highest BCUT2D eigenvalue weighted by atomic mass is 32.1. The van der Waals surface area contributed by atoms with Crippen molar-refractivity contribution in [3.05, 3.63) is 63.4 Å². The van der Waals surface area contributed by atoms with Crippen molar-refractivity contribution in [2.45, 2.75) is 20.5 Å². The van der Waals surface area contributed by atoms with Gasteiger partial charge in [-0.25, -0.2) is 9.07 Å². The molecule has 1 N–H and O–H groups in total. The first-order valence-electron chi connectivity index (χ1n) is 9.63. The number of benzene rings is 2. The lowest BCUT2D eigenvalue weighted by Gasteiger charge is -2.35. The molecular weight excluding hydrogens is 405 g/mol. The van der Waals surface area contributed by atoms with Crippen molar-refractivity contribution in [1.82, 2.24) is 14.7 Å². The van der Waals surface area contributed by atoms with E-state index < -0.39 is 0 Å². The van der Waals surface area contributed by atoms with Gasteiger partial charge >= 0.3 is 0 Å². The number of anilines is 3. The van der Waals surface area contributed by atoms with E-state index in [2.05, 4.69) is 52.3 Å². The van der Waals surface area contributed by atoms with E-state index in [0.29, 0.717) is 12.4 Å². The van der Waals surface area contributed by atoms with Crippen molar-refractivity contribution >= 4 is 40.1 Å². The molecule has 1 saturated heterocycles. The Balaban J connectivity index is 1.37. The predicted octanol–water partition coefficient (Wildman–Crippen LogP) is 4.95. The summed E-state index contributed by atoms with van der Waals surface area (Å²) in [6.45, 7) is 8.10. The van der Waals surface area contributed by atoms with E-state index in [4.69, 9.17) is 12.2 Å². The Hall–Kier alpha value is -2.29. The average molecular weight is 430 g/mol. The van der Waals surface area contributed by atoms with Crippen LogP contribution in [0.5, 0.6) is 0 Å². The fourth-order valence-electron chi connectivity index (χ4n) is 3.42. The predicted molar refractivity (Wildman–Crippen MR) is 120 cm³/mol. The Kier molecular flexibility index (Phi) is 5.94. The molecule has 0 unspecified atom stereocenters. The number of halogens is 1. The highest BCUT2D eigenvalue weighted by molar-refractivity contribution is 7.73. The minimum Gasteiger partial charge on any atom is -0.367 e. The molecule has 1 aliphatic rings. The Morgan fingerprint density at radius 2 is 1.83 bits per heavy atom. The molecule has 1 aromatic heterocycles. The van der Waals surface area contributed by atoms with Crippen LogP contribution in [0.4, 0.5) is 20.9 Å². The van der Waals surface area contributed by atoms with Gasteiger partial charge in [-0.2, -0.15) is 0 Å². The number of rotatable bonds is 5. The number of nitrogens with one attached hydrogen (secondary N) is 1. The van der Waals surface area contributed by atoms with Crippen LogP contribution in [0.2, 0.25) is 0 Å². The van der Waals surface area contributed by atoms with E-state index in [1.807, 2.05) is 16.8 Å². The van der Waals surface area contributed by atoms with Crippen molar-refractivity contribution in [3.8, 4) is 0 Å². The maximum absolute atomic E-state index is 14.0. The number of hydrogen-bond donors (Lipinski definition) is 1. The quantitative estimate of drug-likeness (QED) is 0.581. The van der Waals surface area contributed by atoms with Crippen molar-refractivity contribution in [3.63, 3.8) is 0 Å². The molecule has 1 fully saturated rings. The lowest BCUT2D eigenvalue weighted by molar-refractivity contribution is 0.195. The minimum absolute atomic E-state index is 0.162. The summed E-state index contributed by atoms with van der Waals surface area (Å²) in [5.41, 5.74) is 4.20. The number of nitrogens with zero attached hydrogens (tertiary/aromatic N) is 4. The summed E-state index contributed by atoms with van der Waals surface area (Å²) in [6, 6.07) is 13.2. The van der Waals surface area contributed by atoms with Crippen molar-refractivity contribution in [2.24, 2.45) is 0 Å². The molecule has 0 spiro atoms. The molecule has 152 valence electrons. The van der Waals surface area contributed by atoms with E-state index in [1.165, 1.54) is 28.5 Å². The van der Waals surface area contributed by atoms with Crippen LogP contribution in [0.15, 0.2) is 42.5 Å². The third-order valence-corrected chi connectivity index (χ3v) is 6.49. The summed E-state index contributed by atoms with van der Waals surface area (Å²) in [4.78, 5) is 4.39. The zero-order chi connectivity index (χ0) is 20.4. The molecular formula is C21H24FN5S2. The maximum atomic E-state index is 14.0. The summed E-state index contributed by atoms with van der Waals surface area (Å²) in [5.74, 6) is -0.162. The van der Waals surface area contributed by atoms with Gasteiger partial charge in [0, 0.05) is 31.9 Å². The summed E-state index contributed by atoms with van der Waals surface area (Å²) >= 11 is 6.99. The van der Waals surface area contributed by atoms with Crippen molar-refractivity contribution in [1.29, 1.82) is 0 Å². The van der Waals surface area contributed by atoms with Crippen LogP contribution in [0, 0.1) is 23.6 Å². The number of piperazine rings is 1. The van der Waals surface area contributed by atoms with Crippen LogP contribution in [0.1, 0.15) is 11.1 Å². The number of para-hydroxylation sites is 1. The van der Waals surface area contributed by atoms with E-state index >= 15 is 0 Å². The topological polar surface area (TPSA) is 36.3 Å². The molecule has 2 aromatic carbocycles. The first-order valence-corrected chi connectivity index (χ1v) is 10.9. The van der Waals surface area contributed by atoms with Gasteiger partial charge in [-0.05, 0) is 61.5 Å².